The van der Waals surface area contributed by atoms with Gasteiger partial charge in [0.05, 0.1) is 17.9 Å². The summed E-state index contributed by atoms with van der Waals surface area (Å²) < 4.78 is 7.87. The molecule has 5 heteroatoms. The summed E-state index contributed by atoms with van der Waals surface area (Å²) in [6.07, 6.45) is 0.360. The molecular weight excluding hydrogens is 350 g/mol. The van der Waals surface area contributed by atoms with Crippen LogP contribution in [0.25, 0.3) is 11.3 Å². The van der Waals surface area contributed by atoms with E-state index < -0.39 is 6.10 Å². The van der Waals surface area contributed by atoms with Gasteiger partial charge in [0.15, 0.2) is 6.10 Å². The van der Waals surface area contributed by atoms with Crippen LogP contribution in [-0.4, -0.2) is 33.2 Å². The largest absolute Gasteiger partial charge is 0.481 e. The Hall–Kier alpha value is -3.08. The standard InChI is InChI=1S/C23H25N3O2/c1-17-8-6-9-19(14-17)22-15-20-16-25(12-7-13-26(20)24-22)23(27)18(2)28-21-10-4-3-5-11-21/h3-6,8-11,14-15,18H,7,12-13,16H2,1-2H3/t18-/m1/s1. The van der Waals surface area contributed by atoms with Gasteiger partial charge in [0.1, 0.15) is 5.75 Å². The first-order valence-corrected chi connectivity index (χ1v) is 9.74. The minimum absolute atomic E-state index is 0.00982. The number of aryl methyl sites for hydroxylation is 2. The van der Waals surface area contributed by atoms with Gasteiger partial charge in [-0.3, -0.25) is 9.48 Å². The highest BCUT2D eigenvalue weighted by molar-refractivity contribution is 5.81. The van der Waals surface area contributed by atoms with Gasteiger partial charge in [0, 0.05) is 18.7 Å². The monoisotopic (exact) mass is 375 g/mol. The van der Waals surface area contributed by atoms with Gasteiger partial charge >= 0.3 is 0 Å². The Kier molecular flexibility index (Phi) is 5.15. The molecule has 2 heterocycles. The number of nitrogens with zero attached hydrogens (tertiary/aromatic N) is 3. The zero-order valence-corrected chi connectivity index (χ0v) is 16.3. The number of rotatable bonds is 4. The summed E-state index contributed by atoms with van der Waals surface area (Å²) in [6.45, 7) is 5.98. The van der Waals surface area contributed by atoms with Crippen molar-refractivity contribution in [3.8, 4) is 17.0 Å². The maximum atomic E-state index is 13.0. The van der Waals surface area contributed by atoms with Gasteiger partial charge in [-0.2, -0.15) is 5.10 Å². The highest BCUT2D eigenvalue weighted by Gasteiger charge is 2.25. The van der Waals surface area contributed by atoms with E-state index in [2.05, 4.69) is 31.2 Å². The van der Waals surface area contributed by atoms with E-state index >= 15 is 0 Å². The van der Waals surface area contributed by atoms with Crippen molar-refractivity contribution >= 4 is 5.91 Å². The lowest BCUT2D eigenvalue weighted by molar-refractivity contribution is -0.138. The van der Waals surface area contributed by atoms with Crippen LogP contribution >= 0.6 is 0 Å². The molecule has 0 saturated carbocycles. The smallest absolute Gasteiger partial charge is 0.263 e. The fourth-order valence-electron chi connectivity index (χ4n) is 3.61. The minimum atomic E-state index is -0.520. The Morgan fingerprint density at radius 3 is 2.68 bits per heavy atom. The Balaban J connectivity index is 1.50. The molecule has 1 amide bonds. The number of hydrogen-bond donors (Lipinski definition) is 0. The summed E-state index contributed by atoms with van der Waals surface area (Å²) in [5.41, 5.74) is 4.35. The second kappa shape index (κ2) is 7.89. The van der Waals surface area contributed by atoms with Crippen molar-refractivity contribution in [2.45, 2.75) is 39.5 Å². The third kappa shape index (κ3) is 3.93. The number of amides is 1. The first-order chi connectivity index (χ1) is 13.6. The lowest BCUT2D eigenvalue weighted by Gasteiger charge is -2.24. The molecule has 1 aliphatic heterocycles. The second-order valence-corrected chi connectivity index (χ2v) is 7.30. The van der Waals surface area contributed by atoms with E-state index in [0.717, 1.165) is 29.9 Å². The molecule has 1 aliphatic rings. The Morgan fingerprint density at radius 1 is 1.07 bits per heavy atom. The average molecular weight is 375 g/mol. The van der Waals surface area contributed by atoms with Gasteiger partial charge < -0.3 is 9.64 Å². The van der Waals surface area contributed by atoms with E-state index in [9.17, 15) is 4.79 Å². The third-order valence-electron chi connectivity index (χ3n) is 5.04. The molecule has 28 heavy (non-hydrogen) atoms. The van der Waals surface area contributed by atoms with Gasteiger partial charge in [-0.05, 0) is 44.5 Å². The molecule has 3 aromatic rings. The predicted molar refractivity (Wildman–Crippen MR) is 109 cm³/mol. The fourth-order valence-corrected chi connectivity index (χ4v) is 3.61. The van der Waals surface area contributed by atoms with Crippen molar-refractivity contribution in [3.63, 3.8) is 0 Å². The van der Waals surface area contributed by atoms with Crippen LogP contribution in [0, 0.1) is 6.92 Å². The normalized spacial score (nSPS) is 14.9. The quantitative estimate of drug-likeness (QED) is 0.691. The van der Waals surface area contributed by atoms with Gasteiger partial charge in [-0.15, -0.1) is 0 Å². The van der Waals surface area contributed by atoms with E-state index in [1.807, 2.05) is 52.9 Å². The van der Waals surface area contributed by atoms with Gasteiger partial charge in [0.25, 0.3) is 5.91 Å². The van der Waals surface area contributed by atoms with E-state index in [4.69, 9.17) is 9.84 Å². The molecule has 4 rings (SSSR count). The fraction of sp³-hybridized carbons (Fsp3) is 0.304. The number of hydrogen-bond acceptors (Lipinski definition) is 3. The Morgan fingerprint density at radius 2 is 1.89 bits per heavy atom. The first kappa shape index (κ1) is 18.3. The highest BCUT2D eigenvalue weighted by atomic mass is 16.5. The third-order valence-corrected chi connectivity index (χ3v) is 5.04. The predicted octanol–water partition coefficient (Wildman–Crippen LogP) is 4.06. The van der Waals surface area contributed by atoms with Crippen LogP contribution in [0.1, 0.15) is 24.6 Å². The summed E-state index contributed by atoms with van der Waals surface area (Å²) in [5, 5.41) is 4.78. The second-order valence-electron chi connectivity index (χ2n) is 7.30. The van der Waals surface area contributed by atoms with Crippen LogP contribution in [0.4, 0.5) is 0 Å². The molecule has 1 atom stereocenters. The van der Waals surface area contributed by atoms with Crippen LogP contribution in [0.15, 0.2) is 60.7 Å². The average Bonchev–Trinajstić information content (AvgIpc) is 3.00. The molecule has 0 fully saturated rings. The molecule has 0 N–H and O–H groups in total. The summed E-state index contributed by atoms with van der Waals surface area (Å²) in [7, 11) is 0. The number of fused-ring (bicyclic) bond motifs is 1. The van der Waals surface area contributed by atoms with Gasteiger partial charge in [-0.25, -0.2) is 0 Å². The Bertz CT molecular complexity index is 965. The lowest BCUT2D eigenvalue weighted by Crippen LogP contribution is -2.40. The zero-order chi connectivity index (χ0) is 19.5. The summed E-state index contributed by atoms with van der Waals surface area (Å²) in [5.74, 6) is 0.723. The zero-order valence-electron chi connectivity index (χ0n) is 16.3. The van der Waals surface area contributed by atoms with Gasteiger partial charge in [-0.1, -0.05) is 42.0 Å². The van der Waals surface area contributed by atoms with Crippen molar-refractivity contribution in [1.29, 1.82) is 0 Å². The van der Waals surface area contributed by atoms with Crippen molar-refractivity contribution < 1.29 is 9.53 Å². The molecule has 0 bridgehead atoms. The van der Waals surface area contributed by atoms with Crippen LogP contribution < -0.4 is 4.74 Å². The number of carbonyl (C=O) groups excluding carboxylic acids is 1. The molecule has 144 valence electrons. The molecule has 5 nitrogen and oxygen atoms in total. The van der Waals surface area contributed by atoms with E-state index in [-0.39, 0.29) is 5.91 Å². The first-order valence-electron chi connectivity index (χ1n) is 9.74. The Labute approximate surface area is 165 Å². The van der Waals surface area contributed by atoms with Crippen LogP contribution in [0.3, 0.4) is 0 Å². The van der Waals surface area contributed by atoms with Crippen LogP contribution in [0.2, 0.25) is 0 Å². The molecule has 0 saturated heterocycles. The molecule has 0 spiro atoms. The van der Waals surface area contributed by atoms with Crippen molar-refractivity contribution in [2.24, 2.45) is 0 Å². The number of ether oxygens (including phenoxy) is 1. The number of carbonyl (C=O) groups is 1. The molecule has 1 aromatic heterocycles. The van der Waals surface area contributed by atoms with Crippen molar-refractivity contribution in [2.75, 3.05) is 6.54 Å². The van der Waals surface area contributed by atoms with Crippen LogP contribution in [0.5, 0.6) is 5.75 Å². The minimum Gasteiger partial charge on any atom is -0.481 e. The summed E-state index contributed by atoms with van der Waals surface area (Å²) in [4.78, 5) is 14.8. The number of benzene rings is 2. The SMILES string of the molecule is Cc1cccc(-c2cc3n(n2)CCCN(C(=O)[C@@H](C)Oc2ccccc2)C3)c1. The molecular formula is C23H25N3O2. The maximum absolute atomic E-state index is 13.0. The molecule has 0 radical (unpaired) electrons. The maximum Gasteiger partial charge on any atom is 0.263 e. The van der Waals surface area contributed by atoms with E-state index in [1.165, 1.54) is 5.56 Å². The summed E-state index contributed by atoms with van der Waals surface area (Å²) in [6, 6.07) is 19.9. The molecule has 2 aromatic carbocycles. The van der Waals surface area contributed by atoms with Crippen molar-refractivity contribution in [3.05, 3.63) is 71.9 Å². The van der Waals surface area contributed by atoms with Gasteiger partial charge in [0.2, 0.25) is 0 Å². The highest BCUT2D eigenvalue weighted by Crippen LogP contribution is 2.23. The summed E-state index contributed by atoms with van der Waals surface area (Å²) >= 11 is 0. The van der Waals surface area contributed by atoms with E-state index in [1.54, 1.807) is 0 Å². The van der Waals surface area contributed by atoms with Crippen LogP contribution in [-0.2, 0) is 17.9 Å². The topological polar surface area (TPSA) is 47.4 Å². The lowest BCUT2D eigenvalue weighted by atomic mass is 10.1. The number of aromatic nitrogens is 2. The molecule has 0 unspecified atom stereocenters. The molecule has 0 aliphatic carbocycles. The van der Waals surface area contributed by atoms with Crippen molar-refractivity contribution in [1.82, 2.24) is 14.7 Å². The van der Waals surface area contributed by atoms with E-state index in [0.29, 0.717) is 18.8 Å². The number of para-hydroxylation sites is 1.